The van der Waals surface area contributed by atoms with Crippen LogP contribution in [-0.4, -0.2) is 89.2 Å². The fourth-order valence-electron chi connectivity index (χ4n) is 8.13. The molecule has 1 aliphatic heterocycles. The molecule has 1 aliphatic rings. The minimum atomic E-state index is -1.94. The lowest BCUT2D eigenvalue weighted by molar-refractivity contribution is -0.301. The predicted octanol–water partition coefficient (Wildman–Crippen LogP) is 16.7. The van der Waals surface area contributed by atoms with Gasteiger partial charge in [0.05, 0.1) is 6.61 Å². The summed E-state index contributed by atoms with van der Waals surface area (Å²) in [7, 11) is 0. The molecule has 0 radical (unpaired) electrons. The fraction of sp³-hybridized carbons (Fsp3) is 0.549. The average molecular weight is 1150 g/mol. The van der Waals surface area contributed by atoms with Crippen LogP contribution in [0.2, 0.25) is 0 Å². The van der Waals surface area contributed by atoms with Crippen molar-refractivity contribution < 1.29 is 58.2 Å². The SMILES string of the molecule is CC/C=C\C/C=C\C/C=C\C/C=C\C/C=C\CCCC(=O)OC(COC(=O)CCCCCCCC/C=C\C/C=C\C/C=C\C/C=C\CC)COC1OC(C(=O)O)C(O)C(O)C1OC(=O)CCC/C=C\C/C=C\C/C=C\C/C=C\C/C=C\CC. The van der Waals surface area contributed by atoms with Crippen LogP contribution in [0.3, 0.4) is 0 Å². The summed E-state index contributed by atoms with van der Waals surface area (Å²) in [6.07, 6.45) is 71.8. The van der Waals surface area contributed by atoms with Gasteiger partial charge in [-0.3, -0.25) is 14.4 Å². The van der Waals surface area contributed by atoms with Crippen LogP contribution in [0.4, 0.5) is 0 Å². The van der Waals surface area contributed by atoms with Crippen molar-refractivity contribution in [1.82, 2.24) is 0 Å². The van der Waals surface area contributed by atoms with Crippen molar-refractivity contribution >= 4 is 23.9 Å². The van der Waals surface area contributed by atoms with E-state index in [1.54, 1.807) is 0 Å². The second kappa shape index (κ2) is 56.6. The number of aliphatic hydroxyl groups excluding tert-OH is 2. The molecule has 3 N–H and O–H groups in total. The van der Waals surface area contributed by atoms with Crippen molar-refractivity contribution in [2.45, 2.75) is 237 Å². The number of aliphatic carboxylic acids is 1. The molecule has 0 aromatic heterocycles. The van der Waals surface area contributed by atoms with Gasteiger partial charge >= 0.3 is 23.9 Å². The Bertz CT molecular complexity index is 2090. The topological polar surface area (TPSA) is 175 Å². The molecule has 1 heterocycles. The van der Waals surface area contributed by atoms with Crippen molar-refractivity contribution in [1.29, 1.82) is 0 Å². The van der Waals surface area contributed by atoms with Crippen LogP contribution < -0.4 is 0 Å². The summed E-state index contributed by atoms with van der Waals surface area (Å²) in [6.45, 7) is 5.55. The van der Waals surface area contributed by atoms with E-state index in [9.17, 15) is 34.5 Å². The number of carbonyl (C=O) groups excluding carboxylic acids is 3. The van der Waals surface area contributed by atoms with Gasteiger partial charge in [0.25, 0.3) is 0 Å². The van der Waals surface area contributed by atoms with Crippen LogP contribution in [0.15, 0.2) is 170 Å². The number of aliphatic hydroxyl groups is 2. The summed E-state index contributed by atoms with van der Waals surface area (Å²) in [4.78, 5) is 51.3. The van der Waals surface area contributed by atoms with Crippen LogP contribution >= 0.6 is 0 Å². The van der Waals surface area contributed by atoms with Gasteiger partial charge in [-0.15, -0.1) is 0 Å². The zero-order chi connectivity index (χ0) is 60.3. The van der Waals surface area contributed by atoms with Crippen molar-refractivity contribution in [3.8, 4) is 0 Å². The van der Waals surface area contributed by atoms with Crippen molar-refractivity contribution in [2.24, 2.45) is 0 Å². The summed E-state index contributed by atoms with van der Waals surface area (Å²) >= 11 is 0. The van der Waals surface area contributed by atoms with E-state index in [2.05, 4.69) is 167 Å². The molecule has 6 unspecified atom stereocenters. The van der Waals surface area contributed by atoms with E-state index in [1.807, 2.05) is 24.3 Å². The third kappa shape index (κ3) is 46.2. The molecule has 12 nitrogen and oxygen atoms in total. The Morgan fingerprint density at radius 1 is 0.398 bits per heavy atom. The predicted molar refractivity (Wildman–Crippen MR) is 339 cm³/mol. The second-order valence-electron chi connectivity index (χ2n) is 20.2. The molecule has 462 valence electrons. The van der Waals surface area contributed by atoms with E-state index < -0.39 is 67.3 Å². The maximum absolute atomic E-state index is 13.2. The Labute approximate surface area is 500 Å². The quantitative estimate of drug-likeness (QED) is 0.0228. The minimum absolute atomic E-state index is 0.0365. The molecule has 0 amide bonds. The third-order valence-corrected chi connectivity index (χ3v) is 12.8. The van der Waals surface area contributed by atoms with E-state index >= 15 is 0 Å². The third-order valence-electron chi connectivity index (χ3n) is 12.8. The Morgan fingerprint density at radius 2 is 0.735 bits per heavy atom. The van der Waals surface area contributed by atoms with E-state index in [0.717, 1.165) is 128 Å². The molecule has 1 rings (SSSR count). The van der Waals surface area contributed by atoms with E-state index in [-0.39, 0.29) is 25.9 Å². The standard InChI is InChI=1S/C71H106O12/c1-4-7-10-13-16-19-22-25-28-31-32-35-36-39-42-45-48-51-54-57-63(72)79-60-62(81-64(73)58-55-52-49-46-43-40-37-33-29-26-23-20-17-14-11-8-5-2)61-80-71-69(67(76)66(75)68(83-71)70(77)78)82-65(74)59-56-53-50-47-44-41-38-34-30-27-24-21-18-15-12-9-6-3/h7-12,16-21,25-30,32,35,37-38,40-41,46-47,49-50,62,66-69,71,75-76H,4-6,13-15,22-24,31,33-34,36,39,42-45,48,51-61H2,1-3H3,(H,77,78)/b10-7-,11-8-,12-9-,19-16-,20-17-,21-18-,28-25-,29-26-,30-27-,35-32-,40-37-,41-38-,49-46-,50-47-. The van der Waals surface area contributed by atoms with Crippen LogP contribution in [0, 0.1) is 0 Å². The summed E-state index contributed by atoms with van der Waals surface area (Å²) in [5.41, 5.74) is 0. The Kier molecular flexibility index (Phi) is 51.2. The first-order valence-electron chi connectivity index (χ1n) is 31.1. The molecule has 1 fully saturated rings. The lowest BCUT2D eigenvalue weighted by Gasteiger charge is -2.40. The summed E-state index contributed by atoms with van der Waals surface area (Å²) < 4.78 is 28.3. The maximum atomic E-state index is 13.2. The normalized spacial score (nSPS) is 18.8. The molecule has 0 aromatic rings. The van der Waals surface area contributed by atoms with E-state index in [1.165, 1.54) is 0 Å². The number of rotatable bonds is 50. The van der Waals surface area contributed by atoms with Gasteiger partial charge in [0.15, 0.2) is 24.6 Å². The summed E-state index contributed by atoms with van der Waals surface area (Å²) in [6, 6.07) is 0. The fourth-order valence-corrected chi connectivity index (χ4v) is 8.13. The summed E-state index contributed by atoms with van der Waals surface area (Å²) in [5.74, 6) is -3.33. The van der Waals surface area contributed by atoms with Crippen LogP contribution in [-0.2, 0) is 42.9 Å². The largest absolute Gasteiger partial charge is 0.479 e. The van der Waals surface area contributed by atoms with Crippen LogP contribution in [0.5, 0.6) is 0 Å². The van der Waals surface area contributed by atoms with Gasteiger partial charge in [0.1, 0.15) is 18.8 Å². The molecule has 0 saturated carbocycles. The first-order chi connectivity index (χ1) is 40.6. The van der Waals surface area contributed by atoms with Gasteiger partial charge in [-0.25, -0.2) is 4.79 Å². The highest BCUT2D eigenvalue weighted by Crippen LogP contribution is 2.26. The lowest BCUT2D eigenvalue weighted by Crippen LogP contribution is -2.61. The highest BCUT2D eigenvalue weighted by atomic mass is 16.7. The Morgan fingerprint density at radius 3 is 1.13 bits per heavy atom. The molecular formula is C71H106O12. The Balaban J connectivity index is 2.77. The number of carbonyl (C=O) groups is 4. The molecule has 0 aliphatic carbocycles. The van der Waals surface area contributed by atoms with Gasteiger partial charge < -0.3 is 39.0 Å². The highest BCUT2D eigenvalue weighted by Gasteiger charge is 2.50. The molecule has 1 saturated heterocycles. The number of carboxylic acids is 1. The lowest BCUT2D eigenvalue weighted by atomic mass is 9.98. The van der Waals surface area contributed by atoms with Crippen molar-refractivity contribution in [2.75, 3.05) is 13.2 Å². The monoisotopic (exact) mass is 1150 g/mol. The van der Waals surface area contributed by atoms with E-state index in [4.69, 9.17) is 23.7 Å². The number of ether oxygens (including phenoxy) is 5. The Hall–Kier alpha value is -5.92. The van der Waals surface area contributed by atoms with Gasteiger partial charge in [-0.05, 0) is 135 Å². The molecule has 0 bridgehead atoms. The van der Waals surface area contributed by atoms with E-state index in [0.29, 0.717) is 32.1 Å². The van der Waals surface area contributed by atoms with Crippen molar-refractivity contribution in [3.63, 3.8) is 0 Å². The number of unbranched alkanes of at least 4 members (excludes halogenated alkanes) is 8. The van der Waals surface area contributed by atoms with Gasteiger partial charge in [-0.2, -0.15) is 0 Å². The molecule has 6 atom stereocenters. The first kappa shape index (κ1) is 75.1. The van der Waals surface area contributed by atoms with Crippen molar-refractivity contribution in [3.05, 3.63) is 170 Å². The maximum Gasteiger partial charge on any atom is 0.335 e. The number of hydrogen-bond acceptors (Lipinski definition) is 11. The van der Waals surface area contributed by atoms with Crippen LogP contribution in [0.25, 0.3) is 0 Å². The van der Waals surface area contributed by atoms with Crippen LogP contribution in [0.1, 0.15) is 201 Å². The number of allylic oxidation sites excluding steroid dienone is 28. The zero-order valence-electron chi connectivity index (χ0n) is 50.9. The molecular weight excluding hydrogens is 1040 g/mol. The average Bonchev–Trinajstić information content (AvgIpc) is 3.59. The minimum Gasteiger partial charge on any atom is -0.479 e. The molecule has 0 aromatic carbocycles. The smallest absolute Gasteiger partial charge is 0.335 e. The summed E-state index contributed by atoms with van der Waals surface area (Å²) in [5, 5.41) is 31.5. The number of hydrogen-bond donors (Lipinski definition) is 3. The molecule has 12 heteroatoms. The molecule has 83 heavy (non-hydrogen) atoms. The van der Waals surface area contributed by atoms with Gasteiger partial charge in [0, 0.05) is 19.3 Å². The van der Waals surface area contributed by atoms with Gasteiger partial charge in [-0.1, -0.05) is 217 Å². The second-order valence-corrected chi connectivity index (χ2v) is 20.2. The first-order valence-corrected chi connectivity index (χ1v) is 31.1. The molecule has 0 spiro atoms. The number of carboxylic acid groups (broad SMARTS) is 1. The zero-order valence-corrected chi connectivity index (χ0v) is 50.9. The number of esters is 3. The van der Waals surface area contributed by atoms with Gasteiger partial charge in [0.2, 0.25) is 0 Å². The highest BCUT2D eigenvalue weighted by molar-refractivity contribution is 5.74.